The zero-order valence-electron chi connectivity index (χ0n) is 13.5. The van der Waals surface area contributed by atoms with Crippen LogP contribution in [0, 0.1) is 11.3 Å². The van der Waals surface area contributed by atoms with Gasteiger partial charge in [-0.2, -0.15) is 11.3 Å². The first-order valence-corrected chi connectivity index (χ1v) is 9.41. The fourth-order valence-corrected chi connectivity index (χ4v) is 4.92. The lowest BCUT2D eigenvalue weighted by Crippen LogP contribution is -2.52. The van der Waals surface area contributed by atoms with Crippen molar-refractivity contribution in [3.63, 3.8) is 0 Å². The Hall–Kier alpha value is -1.05. The SMILES string of the molecule is O=C(N1CCC(F)(F)CC1)[C@]12COC[C@H]1CN(Cc1ccsc1)C2. The minimum atomic E-state index is -2.62. The minimum Gasteiger partial charge on any atom is -0.380 e. The molecule has 1 aromatic rings. The van der Waals surface area contributed by atoms with Gasteiger partial charge < -0.3 is 9.64 Å². The van der Waals surface area contributed by atoms with Crippen molar-refractivity contribution in [3.05, 3.63) is 22.4 Å². The molecule has 4 nitrogen and oxygen atoms in total. The highest BCUT2D eigenvalue weighted by atomic mass is 32.1. The number of ether oxygens (including phenoxy) is 1. The fourth-order valence-electron chi connectivity index (χ4n) is 4.26. The number of carbonyl (C=O) groups is 1. The van der Waals surface area contributed by atoms with E-state index in [4.69, 9.17) is 4.74 Å². The highest BCUT2D eigenvalue weighted by Crippen LogP contribution is 2.44. The van der Waals surface area contributed by atoms with Crippen LogP contribution in [0.5, 0.6) is 0 Å². The molecule has 0 aliphatic carbocycles. The van der Waals surface area contributed by atoms with Gasteiger partial charge in [0.25, 0.3) is 5.92 Å². The highest BCUT2D eigenvalue weighted by molar-refractivity contribution is 7.07. The molecule has 2 atom stereocenters. The Bertz CT molecular complexity index is 600. The van der Waals surface area contributed by atoms with Crippen LogP contribution in [0.3, 0.4) is 0 Å². The third-order valence-electron chi connectivity index (χ3n) is 5.64. The lowest BCUT2D eigenvalue weighted by Gasteiger charge is -2.37. The molecule has 0 bridgehead atoms. The number of rotatable bonds is 3. The van der Waals surface area contributed by atoms with Crippen molar-refractivity contribution >= 4 is 17.2 Å². The summed E-state index contributed by atoms with van der Waals surface area (Å²) in [5, 5.41) is 4.19. The van der Waals surface area contributed by atoms with Gasteiger partial charge in [-0.3, -0.25) is 9.69 Å². The molecule has 1 aromatic heterocycles. The number of hydrogen-bond acceptors (Lipinski definition) is 4. The first-order chi connectivity index (χ1) is 11.5. The van der Waals surface area contributed by atoms with Gasteiger partial charge in [0, 0.05) is 51.5 Å². The Balaban J connectivity index is 1.47. The molecule has 0 N–H and O–H groups in total. The van der Waals surface area contributed by atoms with Gasteiger partial charge in [-0.1, -0.05) is 0 Å². The Morgan fingerprint density at radius 3 is 2.88 bits per heavy atom. The number of fused-ring (bicyclic) bond motifs is 1. The van der Waals surface area contributed by atoms with E-state index < -0.39 is 11.3 Å². The summed E-state index contributed by atoms with van der Waals surface area (Å²) >= 11 is 1.67. The van der Waals surface area contributed by atoms with Gasteiger partial charge in [-0.25, -0.2) is 8.78 Å². The van der Waals surface area contributed by atoms with Crippen LogP contribution in [-0.2, 0) is 16.1 Å². The van der Waals surface area contributed by atoms with Crippen molar-refractivity contribution in [3.8, 4) is 0 Å². The van der Waals surface area contributed by atoms with Crippen LogP contribution < -0.4 is 0 Å². The summed E-state index contributed by atoms with van der Waals surface area (Å²) < 4.78 is 32.4. The number of likely N-dealkylation sites (tertiary alicyclic amines) is 2. The molecule has 0 spiro atoms. The maximum absolute atomic E-state index is 13.4. The largest absolute Gasteiger partial charge is 0.380 e. The van der Waals surface area contributed by atoms with Crippen LogP contribution in [0.2, 0.25) is 0 Å². The summed E-state index contributed by atoms with van der Waals surface area (Å²) in [5.41, 5.74) is 0.726. The Labute approximate surface area is 144 Å². The van der Waals surface area contributed by atoms with E-state index in [1.54, 1.807) is 16.2 Å². The predicted octanol–water partition coefficient (Wildman–Crippen LogP) is 2.45. The molecule has 3 fully saturated rings. The fraction of sp³-hybridized carbons (Fsp3) is 0.706. The van der Waals surface area contributed by atoms with E-state index in [-0.39, 0.29) is 37.8 Å². The van der Waals surface area contributed by atoms with Gasteiger partial charge >= 0.3 is 0 Å². The van der Waals surface area contributed by atoms with E-state index in [0.717, 1.165) is 13.1 Å². The van der Waals surface area contributed by atoms with E-state index in [2.05, 4.69) is 21.7 Å². The second-order valence-corrected chi connectivity index (χ2v) is 8.10. The molecule has 24 heavy (non-hydrogen) atoms. The molecule has 0 saturated carbocycles. The standard InChI is InChI=1S/C17H22F2N2O2S/c18-17(19)2-4-21(5-3-17)15(22)16-11-20(7-13-1-6-24-10-13)8-14(16)9-23-12-16/h1,6,10,14H,2-5,7-9,11-12H2/t14-,16-/m1/s1. The Morgan fingerprint density at radius 1 is 1.38 bits per heavy atom. The van der Waals surface area contributed by atoms with E-state index in [9.17, 15) is 13.6 Å². The van der Waals surface area contributed by atoms with Gasteiger partial charge in [0.1, 0.15) is 0 Å². The number of alkyl halides is 2. The molecule has 0 aromatic carbocycles. The van der Waals surface area contributed by atoms with Crippen molar-refractivity contribution in [2.75, 3.05) is 39.4 Å². The second kappa shape index (κ2) is 6.04. The van der Waals surface area contributed by atoms with Gasteiger partial charge in [0.2, 0.25) is 5.91 Å². The smallest absolute Gasteiger partial charge is 0.251 e. The molecular weight excluding hydrogens is 334 g/mol. The molecule has 1 amide bonds. The summed E-state index contributed by atoms with van der Waals surface area (Å²) in [5.74, 6) is -2.43. The van der Waals surface area contributed by atoms with E-state index >= 15 is 0 Å². The topological polar surface area (TPSA) is 32.8 Å². The molecule has 7 heteroatoms. The molecule has 3 aliphatic rings. The molecule has 3 aliphatic heterocycles. The van der Waals surface area contributed by atoms with Crippen LogP contribution in [0.15, 0.2) is 16.8 Å². The number of nitrogens with zero attached hydrogens (tertiary/aromatic N) is 2. The van der Waals surface area contributed by atoms with Crippen LogP contribution in [-0.4, -0.2) is 61.0 Å². The van der Waals surface area contributed by atoms with E-state index in [1.165, 1.54) is 5.56 Å². The summed E-state index contributed by atoms with van der Waals surface area (Å²) in [4.78, 5) is 17.1. The average molecular weight is 356 g/mol. The summed E-state index contributed by atoms with van der Waals surface area (Å²) in [6.45, 7) is 3.67. The van der Waals surface area contributed by atoms with Gasteiger partial charge in [0.15, 0.2) is 0 Å². The Morgan fingerprint density at radius 2 is 2.17 bits per heavy atom. The maximum atomic E-state index is 13.4. The number of thiophene rings is 1. The molecule has 4 rings (SSSR count). The molecule has 132 valence electrons. The highest BCUT2D eigenvalue weighted by Gasteiger charge is 2.57. The number of piperidine rings is 1. The van der Waals surface area contributed by atoms with Crippen molar-refractivity contribution in [2.45, 2.75) is 25.3 Å². The lowest BCUT2D eigenvalue weighted by molar-refractivity contribution is -0.148. The van der Waals surface area contributed by atoms with Gasteiger partial charge in [-0.05, 0) is 22.4 Å². The molecule has 4 heterocycles. The van der Waals surface area contributed by atoms with Crippen molar-refractivity contribution in [1.29, 1.82) is 0 Å². The quantitative estimate of drug-likeness (QED) is 0.834. The van der Waals surface area contributed by atoms with Gasteiger partial charge in [-0.15, -0.1) is 0 Å². The van der Waals surface area contributed by atoms with E-state index in [1.807, 2.05) is 0 Å². The zero-order valence-corrected chi connectivity index (χ0v) is 14.4. The van der Waals surface area contributed by atoms with Crippen LogP contribution in [0.25, 0.3) is 0 Å². The molecule has 0 unspecified atom stereocenters. The molecule has 3 saturated heterocycles. The maximum Gasteiger partial charge on any atom is 0.251 e. The molecule has 0 radical (unpaired) electrons. The number of amides is 1. The Kier molecular flexibility index (Phi) is 4.13. The van der Waals surface area contributed by atoms with Crippen molar-refractivity contribution < 1.29 is 18.3 Å². The predicted molar refractivity (Wildman–Crippen MR) is 87.1 cm³/mol. The summed E-state index contributed by atoms with van der Waals surface area (Å²) in [6.07, 6.45) is -0.447. The normalized spacial score (nSPS) is 32.9. The second-order valence-electron chi connectivity index (χ2n) is 7.32. The lowest BCUT2D eigenvalue weighted by atomic mass is 9.79. The van der Waals surface area contributed by atoms with Crippen LogP contribution >= 0.6 is 11.3 Å². The number of hydrogen-bond donors (Lipinski definition) is 0. The molecular formula is C17H22F2N2O2S. The monoisotopic (exact) mass is 356 g/mol. The minimum absolute atomic E-state index is 0.0216. The van der Waals surface area contributed by atoms with Gasteiger partial charge in [0.05, 0.1) is 18.6 Å². The number of halogens is 2. The summed E-state index contributed by atoms with van der Waals surface area (Å²) in [6, 6.07) is 2.11. The van der Waals surface area contributed by atoms with Crippen molar-refractivity contribution in [2.24, 2.45) is 11.3 Å². The third kappa shape index (κ3) is 2.86. The number of carbonyl (C=O) groups excluding carboxylic acids is 1. The third-order valence-corrected chi connectivity index (χ3v) is 6.37. The average Bonchev–Trinajstić information content (AvgIpc) is 3.23. The van der Waals surface area contributed by atoms with Crippen LogP contribution in [0.4, 0.5) is 8.78 Å². The first kappa shape index (κ1) is 16.4. The zero-order chi connectivity index (χ0) is 16.8. The van der Waals surface area contributed by atoms with E-state index in [0.29, 0.717) is 19.8 Å². The van der Waals surface area contributed by atoms with Crippen molar-refractivity contribution in [1.82, 2.24) is 9.80 Å². The summed E-state index contributed by atoms with van der Waals surface area (Å²) in [7, 11) is 0. The van der Waals surface area contributed by atoms with Crippen LogP contribution in [0.1, 0.15) is 18.4 Å². The first-order valence-electron chi connectivity index (χ1n) is 8.47.